The minimum atomic E-state index is -5.81. The van der Waals surface area contributed by atoms with E-state index in [9.17, 15) is 22.0 Å². The number of hydrogen-bond acceptors (Lipinski definition) is 3. The molecule has 2 aromatic rings. The molecule has 0 fully saturated rings. The predicted octanol–water partition coefficient (Wildman–Crippen LogP) is 2.41. The van der Waals surface area contributed by atoms with E-state index in [1.54, 1.807) is 6.07 Å². The van der Waals surface area contributed by atoms with E-state index in [0.717, 1.165) is 0 Å². The highest BCUT2D eigenvalue weighted by Gasteiger charge is 2.62. The van der Waals surface area contributed by atoms with Crippen LogP contribution < -0.4 is 0 Å². The monoisotopic (exact) mass is 293 g/mol. The number of aliphatic hydroxyl groups excluding tert-OH is 1. The van der Waals surface area contributed by atoms with Crippen molar-refractivity contribution in [2.75, 3.05) is 0 Å². The van der Waals surface area contributed by atoms with Gasteiger partial charge in [-0.25, -0.2) is 0 Å². The van der Waals surface area contributed by atoms with Crippen molar-refractivity contribution in [2.45, 2.75) is 18.7 Å². The molecule has 0 saturated heterocycles. The van der Waals surface area contributed by atoms with Gasteiger partial charge in [-0.15, -0.1) is 10.2 Å². The number of benzene rings is 1. The highest BCUT2D eigenvalue weighted by atomic mass is 19.4. The van der Waals surface area contributed by atoms with Crippen molar-refractivity contribution in [3.8, 4) is 5.69 Å². The Morgan fingerprint density at radius 3 is 2.10 bits per heavy atom. The first-order valence-corrected chi connectivity index (χ1v) is 5.34. The molecule has 0 aliphatic heterocycles. The minimum Gasteiger partial charge on any atom is -0.388 e. The highest BCUT2D eigenvalue weighted by Crippen LogP contribution is 2.43. The van der Waals surface area contributed by atoms with Crippen LogP contribution in [0.4, 0.5) is 22.0 Å². The molecule has 4 nitrogen and oxygen atoms in total. The van der Waals surface area contributed by atoms with Crippen LogP contribution in [0.5, 0.6) is 0 Å². The Morgan fingerprint density at radius 1 is 1.00 bits per heavy atom. The number of aliphatic hydroxyl groups is 1. The van der Waals surface area contributed by atoms with Gasteiger partial charge in [0.1, 0.15) is 6.61 Å². The van der Waals surface area contributed by atoms with E-state index in [4.69, 9.17) is 5.11 Å². The highest BCUT2D eigenvalue weighted by molar-refractivity contribution is 5.35. The standard InChI is InChI=1S/C11H8F5N3O/c12-10(13,11(14,15)16)9-18-17-8(6-20)19(9)7-4-2-1-3-5-7/h1-5,20H,6H2. The predicted molar refractivity (Wildman–Crippen MR) is 57.2 cm³/mol. The van der Waals surface area contributed by atoms with Gasteiger partial charge in [0.2, 0.25) is 5.82 Å². The van der Waals surface area contributed by atoms with E-state index in [1.165, 1.54) is 24.3 Å². The molecule has 0 aliphatic carbocycles. The molecule has 20 heavy (non-hydrogen) atoms. The van der Waals surface area contributed by atoms with E-state index in [2.05, 4.69) is 10.2 Å². The largest absolute Gasteiger partial charge is 0.461 e. The third-order valence-electron chi connectivity index (χ3n) is 2.52. The molecule has 9 heteroatoms. The molecule has 0 atom stereocenters. The number of nitrogens with zero attached hydrogens (tertiary/aromatic N) is 3. The summed E-state index contributed by atoms with van der Waals surface area (Å²) < 4.78 is 64.7. The van der Waals surface area contributed by atoms with Crippen LogP contribution in [0.15, 0.2) is 30.3 Å². The fourth-order valence-corrected chi connectivity index (χ4v) is 1.60. The van der Waals surface area contributed by atoms with Gasteiger partial charge in [0.15, 0.2) is 5.82 Å². The van der Waals surface area contributed by atoms with E-state index in [1.807, 2.05) is 0 Å². The lowest BCUT2D eigenvalue weighted by Gasteiger charge is -2.20. The van der Waals surface area contributed by atoms with Gasteiger partial charge in [-0.2, -0.15) is 22.0 Å². The molecular formula is C11H8F5N3O. The van der Waals surface area contributed by atoms with Gasteiger partial charge in [0.05, 0.1) is 0 Å². The summed E-state index contributed by atoms with van der Waals surface area (Å²) in [7, 11) is 0. The fraction of sp³-hybridized carbons (Fsp3) is 0.273. The third-order valence-corrected chi connectivity index (χ3v) is 2.52. The molecule has 1 aromatic heterocycles. The van der Waals surface area contributed by atoms with Gasteiger partial charge < -0.3 is 5.11 Å². The topological polar surface area (TPSA) is 50.9 Å². The zero-order valence-corrected chi connectivity index (χ0v) is 9.77. The number of alkyl halides is 5. The number of hydrogen-bond donors (Lipinski definition) is 1. The molecule has 0 aliphatic rings. The van der Waals surface area contributed by atoms with Crippen molar-refractivity contribution in [1.82, 2.24) is 14.8 Å². The van der Waals surface area contributed by atoms with Gasteiger partial charge >= 0.3 is 12.1 Å². The molecule has 0 saturated carbocycles. The van der Waals surface area contributed by atoms with Crippen molar-refractivity contribution >= 4 is 0 Å². The molecule has 1 N–H and O–H groups in total. The van der Waals surface area contributed by atoms with Crippen LogP contribution in [0.1, 0.15) is 11.6 Å². The Morgan fingerprint density at radius 2 is 1.60 bits per heavy atom. The maximum Gasteiger partial charge on any atom is 0.461 e. The SMILES string of the molecule is OCc1nnc(C(F)(F)C(F)(F)F)n1-c1ccccc1. The van der Waals surface area contributed by atoms with Crippen molar-refractivity contribution in [1.29, 1.82) is 0 Å². The first-order valence-electron chi connectivity index (χ1n) is 5.34. The molecular weight excluding hydrogens is 285 g/mol. The van der Waals surface area contributed by atoms with Gasteiger partial charge in [-0.3, -0.25) is 4.57 Å². The van der Waals surface area contributed by atoms with Crippen LogP contribution in [-0.4, -0.2) is 26.0 Å². The second-order valence-electron chi connectivity index (χ2n) is 3.84. The maximum absolute atomic E-state index is 13.4. The number of para-hydroxylation sites is 1. The molecule has 2 rings (SSSR count). The van der Waals surface area contributed by atoms with Crippen LogP contribution in [-0.2, 0) is 12.5 Å². The lowest BCUT2D eigenvalue weighted by molar-refractivity contribution is -0.293. The van der Waals surface area contributed by atoms with E-state index < -0.39 is 30.4 Å². The lowest BCUT2D eigenvalue weighted by Crippen LogP contribution is -2.36. The van der Waals surface area contributed by atoms with E-state index >= 15 is 0 Å². The molecule has 108 valence electrons. The summed E-state index contributed by atoms with van der Waals surface area (Å²) in [4.78, 5) is 0. The van der Waals surface area contributed by atoms with Gasteiger partial charge in [0, 0.05) is 5.69 Å². The van der Waals surface area contributed by atoms with Crippen molar-refractivity contribution in [3.05, 3.63) is 42.0 Å². The summed E-state index contributed by atoms with van der Waals surface area (Å²) in [6.45, 7) is -0.824. The maximum atomic E-state index is 13.4. The summed E-state index contributed by atoms with van der Waals surface area (Å²) in [6.07, 6.45) is -5.81. The summed E-state index contributed by atoms with van der Waals surface area (Å²) in [5.74, 6) is -7.17. The number of rotatable bonds is 3. The summed E-state index contributed by atoms with van der Waals surface area (Å²) >= 11 is 0. The third kappa shape index (κ3) is 2.24. The lowest BCUT2D eigenvalue weighted by atomic mass is 10.2. The fourth-order valence-electron chi connectivity index (χ4n) is 1.60. The molecule has 1 heterocycles. The molecule has 0 radical (unpaired) electrons. The van der Waals surface area contributed by atoms with Crippen LogP contribution >= 0.6 is 0 Å². The van der Waals surface area contributed by atoms with Gasteiger partial charge in [0.25, 0.3) is 0 Å². The quantitative estimate of drug-likeness (QED) is 0.884. The first-order chi connectivity index (χ1) is 9.29. The van der Waals surface area contributed by atoms with Crippen LogP contribution in [0.25, 0.3) is 5.69 Å². The summed E-state index contributed by atoms with van der Waals surface area (Å²) in [6, 6.07) is 7.07. The summed E-state index contributed by atoms with van der Waals surface area (Å²) in [5.41, 5.74) is 0.000440. The Hall–Kier alpha value is -2.03. The van der Waals surface area contributed by atoms with Crippen LogP contribution in [0, 0.1) is 0 Å². The van der Waals surface area contributed by atoms with Crippen LogP contribution in [0.3, 0.4) is 0 Å². The number of aromatic nitrogens is 3. The molecule has 0 spiro atoms. The molecule has 0 bridgehead atoms. The van der Waals surface area contributed by atoms with E-state index in [-0.39, 0.29) is 5.69 Å². The minimum absolute atomic E-state index is 0.000440. The molecule has 1 aromatic carbocycles. The second kappa shape index (κ2) is 4.82. The van der Waals surface area contributed by atoms with Crippen LogP contribution in [0.2, 0.25) is 0 Å². The number of halogens is 5. The average molecular weight is 293 g/mol. The zero-order chi connectivity index (χ0) is 15.0. The van der Waals surface area contributed by atoms with E-state index in [0.29, 0.717) is 4.57 Å². The van der Waals surface area contributed by atoms with Crippen molar-refractivity contribution in [2.24, 2.45) is 0 Å². The Balaban J connectivity index is 2.66. The second-order valence-corrected chi connectivity index (χ2v) is 3.84. The Bertz CT molecular complexity index is 594. The first kappa shape index (κ1) is 14.4. The average Bonchev–Trinajstić information content (AvgIpc) is 2.82. The summed E-state index contributed by atoms with van der Waals surface area (Å²) in [5, 5.41) is 15.1. The normalized spacial score (nSPS) is 12.7. The molecule has 0 amide bonds. The Labute approximate surface area is 109 Å². The molecule has 0 unspecified atom stereocenters. The van der Waals surface area contributed by atoms with Gasteiger partial charge in [-0.05, 0) is 12.1 Å². The zero-order valence-electron chi connectivity index (χ0n) is 9.77. The van der Waals surface area contributed by atoms with Gasteiger partial charge in [-0.1, -0.05) is 18.2 Å². The Kier molecular flexibility index (Phi) is 3.46. The van der Waals surface area contributed by atoms with Crippen molar-refractivity contribution in [3.63, 3.8) is 0 Å². The van der Waals surface area contributed by atoms with Crippen molar-refractivity contribution < 1.29 is 27.1 Å². The smallest absolute Gasteiger partial charge is 0.388 e.